The molecule has 1 amide bonds. The molecule has 0 radical (unpaired) electrons. The number of carbonyl (C=O) groups excluding carboxylic acids is 1. The number of hydrogen-bond acceptors (Lipinski definition) is 3. The number of aryl methyl sites for hydroxylation is 1. The largest absolute Gasteiger partial charge is 0.384 e. The Hall–Kier alpha value is -2.59. The molecule has 5 heteroatoms. The highest BCUT2D eigenvalue weighted by Gasteiger charge is 2.07. The second-order valence-electron chi connectivity index (χ2n) is 5.56. The SMILES string of the molecule is Cc1ccc(Cl)cc1NCCC(=O)Nc1cccc2cccnc12. The van der Waals surface area contributed by atoms with Gasteiger partial charge in [0.15, 0.2) is 0 Å². The number of benzene rings is 2. The van der Waals surface area contributed by atoms with E-state index in [0.29, 0.717) is 18.0 Å². The molecule has 1 heterocycles. The minimum atomic E-state index is -0.0552. The van der Waals surface area contributed by atoms with E-state index < -0.39 is 0 Å². The lowest BCUT2D eigenvalue weighted by Gasteiger charge is -2.11. The zero-order valence-electron chi connectivity index (χ0n) is 13.3. The zero-order chi connectivity index (χ0) is 16.9. The summed E-state index contributed by atoms with van der Waals surface area (Å²) >= 11 is 5.99. The van der Waals surface area contributed by atoms with Gasteiger partial charge in [0.25, 0.3) is 0 Å². The Bertz CT molecular complexity index is 874. The molecule has 0 aliphatic carbocycles. The number of aromatic nitrogens is 1. The molecule has 2 N–H and O–H groups in total. The van der Waals surface area contributed by atoms with Gasteiger partial charge in [-0.1, -0.05) is 35.9 Å². The lowest BCUT2D eigenvalue weighted by Crippen LogP contribution is -2.16. The number of amides is 1. The van der Waals surface area contributed by atoms with Crippen LogP contribution in [0, 0.1) is 6.92 Å². The van der Waals surface area contributed by atoms with Gasteiger partial charge in [-0.2, -0.15) is 0 Å². The maximum Gasteiger partial charge on any atom is 0.226 e. The molecule has 0 saturated heterocycles. The van der Waals surface area contributed by atoms with Gasteiger partial charge in [0.2, 0.25) is 5.91 Å². The number of fused-ring (bicyclic) bond motifs is 1. The van der Waals surface area contributed by atoms with E-state index in [9.17, 15) is 4.79 Å². The van der Waals surface area contributed by atoms with E-state index in [1.807, 2.05) is 55.5 Å². The Kier molecular flexibility index (Phi) is 4.96. The first-order valence-corrected chi connectivity index (χ1v) is 8.15. The number of carbonyl (C=O) groups is 1. The van der Waals surface area contributed by atoms with Gasteiger partial charge >= 0.3 is 0 Å². The molecule has 0 spiro atoms. The Balaban J connectivity index is 1.60. The molecular weight excluding hydrogens is 322 g/mol. The molecule has 3 rings (SSSR count). The number of nitrogens with zero attached hydrogens (tertiary/aromatic N) is 1. The van der Waals surface area contributed by atoms with Crippen molar-refractivity contribution >= 4 is 39.8 Å². The van der Waals surface area contributed by atoms with Crippen molar-refractivity contribution < 1.29 is 4.79 Å². The van der Waals surface area contributed by atoms with Crippen LogP contribution in [0.15, 0.2) is 54.7 Å². The summed E-state index contributed by atoms with van der Waals surface area (Å²) in [4.78, 5) is 16.5. The molecule has 0 unspecified atom stereocenters. The van der Waals surface area contributed by atoms with Crippen LogP contribution < -0.4 is 10.6 Å². The van der Waals surface area contributed by atoms with Gasteiger partial charge in [-0.15, -0.1) is 0 Å². The number of nitrogens with one attached hydrogen (secondary N) is 2. The number of anilines is 2. The fourth-order valence-electron chi connectivity index (χ4n) is 2.51. The minimum absolute atomic E-state index is 0.0552. The van der Waals surface area contributed by atoms with E-state index in [2.05, 4.69) is 15.6 Å². The van der Waals surface area contributed by atoms with Crippen molar-refractivity contribution in [3.05, 3.63) is 65.3 Å². The normalized spacial score (nSPS) is 10.6. The topological polar surface area (TPSA) is 54.0 Å². The number of hydrogen-bond donors (Lipinski definition) is 2. The second-order valence-corrected chi connectivity index (χ2v) is 6.00. The maximum atomic E-state index is 12.2. The number of rotatable bonds is 5. The third-order valence-corrected chi connectivity index (χ3v) is 4.01. The highest BCUT2D eigenvalue weighted by atomic mass is 35.5. The average molecular weight is 340 g/mol. The summed E-state index contributed by atoms with van der Waals surface area (Å²) in [6.45, 7) is 2.53. The van der Waals surface area contributed by atoms with E-state index in [0.717, 1.165) is 27.8 Å². The highest BCUT2D eigenvalue weighted by Crippen LogP contribution is 2.21. The summed E-state index contributed by atoms with van der Waals surface area (Å²) in [7, 11) is 0. The van der Waals surface area contributed by atoms with Crippen LogP contribution in [0.25, 0.3) is 10.9 Å². The predicted octanol–water partition coefficient (Wildman–Crippen LogP) is 4.64. The fourth-order valence-corrected chi connectivity index (χ4v) is 2.69. The lowest BCUT2D eigenvalue weighted by molar-refractivity contribution is -0.115. The van der Waals surface area contributed by atoms with Crippen LogP contribution in [0.5, 0.6) is 0 Å². The van der Waals surface area contributed by atoms with Crippen LogP contribution in [0.2, 0.25) is 5.02 Å². The van der Waals surface area contributed by atoms with E-state index in [-0.39, 0.29) is 5.91 Å². The Labute approximate surface area is 145 Å². The molecular formula is C19H18ClN3O. The molecule has 24 heavy (non-hydrogen) atoms. The van der Waals surface area contributed by atoms with E-state index in [1.165, 1.54) is 0 Å². The quantitative estimate of drug-likeness (QED) is 0.712. The van der Waals surface area contributed by atoms with E-state index in [4.69, 9.17) is 11.6 Å². The van der Waals surface area contributed by atoms with Crippen LogP contribution in [0.4, 0.5) is 11.4 Å². The molecule has 1 aromatic heterocycles. The van der Waals surface area contributed by atoms with Crippen LogP contribution in [-0.4, -0.2) is 17.4 Å². The summed E-state index contributed by atoms with van der Waals surface area (Å²) in [5.74, 6) is -0.0552. The molecule has 3 aromatic rings. The first-order chi connectivity index (χ1) is 11.6. The molecule has 0 bridgehead atoms. The fraction of sp³-hybridized carbons (Fsp3) is 0.158. The summed E-state index contributed by atoms with van der Waals surface area (Å²) in [5, 5.41) is 7.85. The van der Waals surface area contributed by atoms with E-state index >= 15 is 0 Å². The van der Waals surface area contributed by atoms with Crippen molar-refractivity contribution in [2.75, 3.05) is 17.2 Å². The van der Waals surface area contributed by atoms with Crippen molar-refractivity contribution in [3.63, 3.8) is 0 Å². The molecule has 0 saturated carbocycles. The van der Waals surface area contributed by atoms with Crippen LogP contribution in [0.1, 0.15) is 12.0 Å². The van der Waals surface area contributed by atoms with Gasteiger partial charge in [0, 0.05) is 35.3 Å². The van der Waals surface area contributed by atoms with Crippen LogP contribution in [0.3, 0.4) is 0 Å². The molecule has 0 aliphatic heterocycles. The van der Waals surface area contributed by atoms with Crippen molar-refractivity contribution in [1.29, 1.82) is 0 Å². The zero-order valence-corrected chi connectivity index (χ0v) is 14.1. The monoisotopic (exact) mass is 339 g/mol. The van der Waals surface area contributed by atoms with Gasteiger partial charge in [-0.05, 0) is 36.8 Å². The van der Waals surface area contributed by atoms with Gasteiger partial charge in [0.05, 0.1) is 11.2 Å². The van der Waals surface area contributed by atoms with Gasteiger partial charge in [-0.3, -0.25) is 9.78 Å². The third-order valence-electron chi connectivity index (χ3n) is 3.77. The van der Waals surface area contributed by atoms with Crippen molar-refractivity contribution in [3.8, 4) is 0 Å². The molecule has 4 nitrogen and oxygen atoms in total. The Morgan fingerprint density at radius 2 is 1.96 bits per heavy atom. The predicted molar refractivity (Wildman–Crippen MR) is 99.7 cm³/mol. The maximum absolute atomic E-state index is 12.2. The van der Waals surface area contributed by atoms with Crippen molar-refractivity contribution in [1.82, 2.24) is 4.98 Å². The minimum Gasteiger partial charge on any atom is -0.384 e. The third kappa shape index (κ3) is 3.84. The summed E-state index contributed by atoms with van der Waals surface area (Å²) in [6.07, 6.45) is 2.08. The van der Waals surface area contributed by atoms with Crippen LogP contribution >= 0.6 is 11.6 Å². The first kappa shape index (κ1) is 16.3. The van der Waals surface area contributed by atoms with Crippen molar-refractivity contribution in [2.24, 2.45) is 0 Å². The van der Waals surface area contributed by atoms with Gasteiger partial charge in [0.1, 0.15) is 0 Å². The average Bonchev–Trinajstić information content (AvgIpc) is 2.58. The first-order valence-electron chi connectivity index (χ1n) is 7.77. The number of para-hydroxylation sites is 1. The van der Waals surface area contributed by atoms with Gasteiger partial charge in [-0.25, -0.2) is 0 Å². The van der Waals surface area contributed by atoms with Crippen molar-refractivity contribution in [2.45, 2.75) is 13.3 Å². The van der Waals surface area contributed by atoms with E-state index in [1.54, 1.807) is 6.20 Å². The number of halogens is 1. The summed E-state index contributed by atoms with van der Waals surface area (Å²) in [5.41, 5.74) is 3.57. The summed E-state index contributed by atoms with van der Waals surface area (Å²) < 4.78 is 0. The molecule has 122 valence electrons. The summed E-state index contributed by atoms with van der Waals surface area (Å²) in [6, 6.07) is 15.3. The molecule has 0 fully saturated rings. The van der Waals surface area contributed by atoms with Crippen LogP contribution in [-0.2, 0) is 4.79 Å². The number of pyridine rings is 1. The lowest BCUT2D eigenvalue weighted by atomic mass is 10.2. The standard InChI is InChI=1S/C19H18ClN3O/c1-13-7-8-15(20)12-17(13)21-11-9-18(24)23-16-6-2-4-14-5-3-10-22-19(14)16/h2-8,10,12,21H,9,11H2,1H3,(H,23,24). The Morgan fingerprint density at radius 1 is 1.12 bits per heavy atom. The molecule has 2 aromatic carbocycles. The smallest absolute Gasteiger partial charge is 0.226 e. The Morgan fingerprint density at radius 3 is 2.83 bits per heavy atom. The second kappa shape index (κ2) is 7.32. The molecule has 0 atom stereocenters. The highest BCUT2D eigenvalue weighted by molar-refractivity contribution is 6.30. The van der Waals surface area contributed by atoms with Gasteiger partial charge < -0.3 is 10.6 Å². The molecule has 0 aliphatic rings.